The molecule has 0 fully saturated rings. The van der Waals surface area contributed by atoms with Crippen LogP contribution in [0.25, 0.3) is 27.5 Å². The molecule has 0 aliphatic heterocycles. The van der Waals surface area contributed by atoms with Gasteiger partial charge >= 0.3 is 0 Å². The number of hydrogen-bond acceptors (Lipinski definition) is 0. The molecule has 0 aliphatic carbocycles. The second-order valence-corrected chi connectivity index (χ2v) is 5.53. The van der Waals surface area contributed by atoms with Crippen molar-refractivity contribution in [2.75, 3.05) is 0 Å². The van der Waals surface area contributed by atoms with Crippen molar-refractivity contribution in [2.24, 2.45) is 0 Å². The molecule has 0 saturated carbocycles. The summed E-state index contributed by atoms with van der Waals surface area (Å²) in [6.07, 6.45) is 2.85. The zero-order valence-corrected chi connectivity index (χ0v) is 12.4. The summed E-state index contributed by atoms with van der Waals surface area (Å²) in [5.41, 5.74) is 5.00. The van der Waals surface area contributed by atoms with Crippen LogP contribution in [-0.2, 0) is 6.42 Å². The van der Waals surface area contributed by atoms with Gasteiger partial charge in [-0.3, -0.25) is 0 Å². The van der Waals surface area contributed by atoms with E-state index in [1.54, 1.807) is 0 Å². The van der Waals surface area contributed by atoms with Gasteiger partial charge in [-0.15, -0.1) is 6.58 Å². The lowest BCUT2D eigenvalue weighted by molar-refractivity contribution is 1.17. The van der Waals surface area contributed by atoms with Crippen molar-refractivity contribution < 1.29 is 0 Å². The average Bonchev–Trinajstić information content (AvgIpc) is 2.90. The molecule has 0 spiro atoms. The quantitative estimate of drug-likeness (QED) is 0.437. The van der Waals surface area contributed by atoms with E-state index in [0.29, 0.717) is 0 Å². The summed E-state index contributed by atoms with van der Waals surface area (Å²) in [4.78, 5) is 0. The standard InChI is InChI=1S/C21H17N/c1-2-8-16-13-14-19-18-11-6-7-12-20(18)22(21(19)15-16)17-9-4-3-5-10-17/h2-7,9-15H,1,8H2. The Morgan fingerprint density at radius 3 is 2.32 bits per heavy atom. The van der Waals surface area contributed by atoms with Crippen molar-refractivity contribution in [1.29, 1.82) is 0 Å². The minimum absolute atomic E-state index is 0.895. The van der Waals surface area contributed by atoms with E-state index < -0.39 is 0 Å². The molecule has 3 aromatic carbocycles. The molecule has 22 heavy (non-hydrogen) atoms. The van der Waals surface area contributed by atoms with Crippen LogP contribution < -0.4 is 0 Å². The number of allylic oxidation sites excluding steroid dienone is 1. The number of aromatic nitrogens is 1. The molecule has 1 aromatic heterocycles. The lowest BCUT2D eigenvalue weighted by Gasteiger charge is -2.08. The van der Waals surface area contributed by atoms with Gasteiger partial charge in [0.15, 0.2) is 0 Å². The first-order chi connectivity index (χ1) is 10.9. The molecule has 0 atom stereocenters. The predicted molar refractivity (Wildman–Crippen MR) is 94.7 cm³/mol. The van der Waals surface area contributed by atoms with Crippen LogP contribution in [0, 0.1) is 0 Å². The van der Waals surface area contributed by atoms with E-state index in [0.717, 1.165) is 6.42 Å². The Hall–Kier alpha value is -2.80. The van der Waals surface area contributed by atoms with Crippen molar-refractivity contribution in [3.63, 3.8) is 0 Å². The van der Waals surface area contributed by atoms with Crippen LogP contribution in [-0.4, -0.2) is 4.57 Å². The zero-order chi connectivity index (χ0) is 14.9. The molecule has 4 aromatic rings. The van der Waals surface area contributed by atoms with Gasteiger partial charge in [-0.1, -0.05) is 54.6 Å². The minimum Gasteiger partial charge on any atom is -0.309 e. The molecule has 0 aliphatic rings. The first kappa shape index (κ1) is 12.9. The first-order valence-electron chi connectivity index (χ1n) is 7.57. The number of para-hydroxylation sites is 2. The van der Waals surface area contributed by atoms with E-state index in [-0.39, 0.29) is 0 Å². The molecule has 106 valence electrons. The van der Waals surface area contributed by atoms with Crippen LogP contribution in [0.15, 0.2) is 85.5 Å². The highest BCUT2D eigenvalue weighted by Gasteiger charge is 2.11. The highest BCUT2D eigenvalue weighted by atomic mass is 15.0. The summed E-state index contributed by atoms with van der Waals surface area (Å²) in [6.45, 7) is 3.85. The lowest BCUT2D eigenvalue weighted by Crippen LogP contribution is -1.93. The number of fused-ring (bicyclic) bond motifs is 3. The molecule has 0 saturated heterocycles. The number of hydrogen-bond donors (Lipinski definition) is 0. The van der Waals surface area contributed by atoms with E-state index in [2.05, 4.69) is 83.9 Å². The molecule has 4 rings (SSSR count). The van der Waals surface area contributed by atoms with Gasteiger partial charge in [-0.2, -0.15) is 0 Å². The topological polar surface area (TPSA) is 4.93 Å². The normalized spacial score (nSPS) is 11.1. The van der Waals surface area contributed by atoms with Crippen molar-refractivity contribution in [3.05, 3.63) is 91.0 Å². The minimum atomic E-state index is 0.895. The number of rotatable bonds is 3. The summed E-state index contributed by atoms with van der Waals surface area (Å²) in [7, 11) is 0. The van der Waals surface area contributed by atoms with Gasteiger partial charge < -0.3 is 4.57 Å². The van der Waals surface area contributed by atoms with Gasteiger partial charge in [0.2, 0.25) is 0 Å². The maximum absolute atomic E-state index is 3.85. The smallest absolute Gasteiger partial charge is 0.0543 e. The third kappa shape index (κ3) is 1.94. The van der Waals surface area contributed by atoms with Crippen molar-refractivity contribution in [2.45, 2.75) is 6.42 Å². The molecule has 1 nitrogen and oxygen atoms in total. The Balaban J connectivity index is 2.14. The highest BCUT2D eigenvalue weighted by Crippen LogP contribution is 2.32. The van der Waals surface area contributed by atoms with Crippen molar-refractivity contribution in [1.82, 2.24) is 4.57 Å². The maximum Gasteiger partial charge on any atom is 0.0543 e. The Kier molecular flexibility index (Phi) is 3.05. The van der Waals surface area contributed by atoms with Gasteiger partial charge in [-0.25, -0.2) is 0 Å². The summed E-state index contributed by atoms with van der Waals surface area (Å²) in [5.74, 6) is 0. The van der Waals surface area contributed by atoms with Gasteiger partial charge in [-0.05, 0) is 36.2 Å². The molecule has 0 amide bonds. The van der Waals surface area contributed by atoms with E-state index in [4.69, 9.17) is 0 Å². The molecule has 1 heterocycles. The SMILES string of the molecule is C=CCc1ccc2c3ccccc3n(-c3ccccc3)c2c1. The largest absolute Gasteiger partial charge is 0.309 e. The van der Waals surface area contributed by atoms with Gasteiger partial charge in [0.05, 0.1) is 11.0 Å². The molecule has 0 bridgehead atoms. The highest BCUT2D eigenvalue weighted by molar-refractivity contribution is 6.09. The van der Waals surface area contributed by atoms with Crippen LogP contribution in [0.3, 0.4) is 0 Å². The Morgan fingerprint density at radius 1 is 0.773 bits per heavy atom. The van der Waals surface area contributed by atoms with E-state index in [1.165, 1.54) is 33.1 Å². The fourth-order valence-corrected chi connectivity index (χ4v) is 3.17. The van der Waals surface area contributed by atoms with Gasteiger partial charge in [0.1, 0.15) is 0 Å². The first-order valence-corrected chi connectivity index (χ1v) is 7.57. The van der Waals surface area contributed by atoms with E-state index in [1.807, 2.05) is 6.08 Å². The van der Waals surface area contributed by atoms with Gasteiger partial charge in [0.25, 0.3) is 0 Å². The Bertz CT molecular complexity index is 961. The fourth-order valence-electron chi connectivity index (χ4n) is 3.17. The van der Waals surface area contributed by atoms with Crippen LogP contribution in [0.5, 0.6) is 0 Å². The third-order valence-electron chi connectivity index (χ3n) is 4.13. The summed E-state index contributed by atoms with van der Waals surface area (Å²) < 4.78 is 2.34. The molecular formula is C21H17N. The second-order valence-electron chi connectivity index (χ2n) is 5.53. The molecular weight excluding hydrogens is 266 g/mol. The number of nitrogens with zero attached hydrogens (tertiary/aromatic N) is 1. The lowest BCUT2D eigenvalue weighted by atomic mass is 10.1. The zero-order valence-electron chi connectivity index (χ0n) is 12.4. The Labute approximate surface area is 130 Å². The molecule has 0 radical (unpaired) electrons. The van der Waals surface area contributed by atoms with Crippen LogP contribution in [0.4, 0.5) is 0 Å². The maximum atomic E-state index is 3.85. The van der Waals surface area contributed by atoms with E-state index in [9.17, 15) is 0 Å². The van der Waals surface area contributed by atoms with E-state index >= 15 is 0 Å². The van der Waals surface area contributed by atoms with Crippen LogP contribution in [0.1, 0.15) is 5.56 Å². The van der Waals surface area contributed by atoms with Crippen molar-refractivity contribution in [3.8, 4) is 5.69 Å². The van der Waals surface area contributed by atoms with Gasteiger partial charge in [0, 0.05) is 16.5 Å². The monoisotopic (exact) mass is 283 g/mol. The third-order valence-corrected chi connectivity index (χ3v) is 4.13. The van der Waals surface area contributed by atoms with Crippen LogP contribution in [0.2, 0.25) is 0 Å². The van der Waals surface area contributed by atoms with Crippen molar-refractivity contribution >= 4 is 21.8 Å². The molecule has 0 N–H and O–H groups in total. The average molecular weight is 283 g/mol. The second kappa shape index (κ2) is 5.19. The summed E-state index contributed by atoms with van der Waals surface area (Å²) >= 11 is 0. The van der Waals surface area contributed by atoms with Crippen LogP contribution >= 0.6 is 0 Å². The predicted octanol–water partition coefficient (Wildman–Crippen LogP) is 5.51. The molecule has 1 heteroatoms. The fraction of sp³-hybridized carbons (Fsp3) is 0.0476. The Morgan fingerprint density at radius 2 is 1.50 bits per heavy atom. The summed E-state index contributed by atoms with van der Waals surface area (Å²) in [6, 6.07) is 25.9. The number of benzene rings is 3. The summed E-state index contributed by atoms with van der Waals surface area (Å²) in [5, 5.41) is 2.60. The molecule has 0 unspecified atom stereocenters.